The van der Waals surface area contributed by atoms with E-state index in [1.54, 1.807) is 11.6 Å². The highest BCUT2D eigenvalue weighted by Gasteiger charge is 2.53. The fourth-order valence-electron chi connectivity index (χ4n) is 3.22. The van der Waals surface area contributed by atoms with Gasteiger partial charge in [-0.05, 0) is 26.0 Å². The van der Waals surface area contributed by atoms with Gasteiger partial charge in [0.05, 0.1) is 17.1 Å². The molecule has 4 N–H and O–H groups in total. The summed E-state index contributed by atoms with van der Waals surface area (Å²) in [4.78, 5) is 24.3. The zero-order chi connectivity index (χ0) is 20.1. The van der Waals surface area contributed by atoms with Crippen LogP contribution in [0.3, 0.4) is 0 Å². The number of rotatable bonds is 5. The number of carbonyl (C=O) groups excluding carboxylic acids is 2. The zero-order valence-corrected chi connectivity index (χ0v) is 15.4. The molecule has 28 heavy (non-hydrogen) atoms. The van der Waals surface area contributed by atoms with E-state index in [4.69, 9.17) is 20.7 Å². The number of nitrogens with two attached hydrogens (primary N) is 2. The van der Waals surface area contributed by atoms with Crippen LogP contribution >= 0.6 is 0 Å². The molecular formula is C19H19N5O4. The number of hydrogen-bond donors (Lipinski definition) is 2. The van der Waals surface area contributed by atoms with Crippen molar-refractivity contribution < 1.29 is 18.8 Å². The van der Waals surface area contributed by atoms with Crippen molar-refractivity contribution in [3.63, 3.8) is 0 Å². The largest absolute Gasteiger partial charge is 0.445 e. The van der Waals surface area contributed by atoms with Gasteiger partial charge in [-0.25, -0.2) is 9.48 Å². The molecule has 0 bridgehead atoms. The van der Waals surface area contributed by atoms with Gasteiger partial charge < -0.3 is 20.7 Å². The first kappa shape index (κ1) is 17.8. The molecule has 9 nitrogen and oxygen atoms in total. The van der Waals surface area contributed by atoms with Gasteiger partial charge in [0.25, 0.3) is 5.91 Å². The Labute approximate surface area is 160 Å². The highest BCUT2D eigenvalue weighted by atomic mass is 16.6. The molecule has 0 unspecified atom stereocenters. The van der Waals surface area contributed by atoms with Crippen LogP contribution in [-0.2, 0) is 9.53 Å². The molecule has 2 aromatic heterocycles. The number of primary amides is 1. The van der Waals surface area contributed by atoms with Crippen molar-refractivity contribution in [3.05, 3.63) is 47.3 Å². The van der Waals surface area contributed by atoms with E-state index in [-0.39, 0.29) is 17.1 Å². The number of esters is 1. The standard InChI is InChI=1S/C19H19N5O4/c1-10-13(11(2)24(22-10)12-6-4-3-5-7-12)15-14(16(20)28-23-15)17(25)27-19(8-9-19)18(21)26/h3-7H,8-9,20H2,1-2H3,(H2,21,26). The van der Waals surface area contributed by atoms with Gasteiger partial charge in [0.15, 0.2) is 11.2 Å². The molecule has 1 fully saturated rings. The summed E-state index contributed by atoms with van der Waals surface area (Å²) in [5.41, 5.74) is 13.0. The predicted octanol–water partition coefficient (Wildman–Crippen LogP) is 1.90. The molecule has 0 spiro atoms. The first-order valence-electron chi connectivity index (χ1n) is 8.74. The number of aryl methyl sites for hydroxylation is 1. The lowest BCUT2D eigenvalue weighted by Crippen LogP contribution is -2.35. The fourth-order valence-corrected chi connectivity index (χ4v) is 3.22. The van der Waals surface area contributed by atoms with Crippen LogP contribution in [0.1, 0.15) is 34.6 Å². The lowest BCUT2D eigenvalue weighted by atomic mass is 10.1. The van der Waals surface area contributed by atoms with Gasteiger partial charge in [0, 0.05) is 18.4 Å². The normalized spacial score (nSPS) is 14.6. The van der Waals surface area contributed by atoms with Crippen molar-refractivity contribution in [3.8, 4) is 16.9 Å². The smallest absolute Gasteiger partial charge is 0.347 e. The van der Waals surface area contributed by atoms with Crippen molar-refractivity contribution in [2.75, 3.05) is 5.73 Å². The summed E-state index contributed by atoms with van der Waals surface area (Å²) in [6.45, 7) is 3.65. The van der Waals surface area contributed by atoms with E-state index in [0.29, 0.717) is 24.1 Å². The van der Waals surface area contributed by atoms with Gasteiger partial charge in [-0.3, -0.25) is 4.79 Å². The quantitative estimate of drug-likeness (QED) is 0.643. The van der Waals surface area contributed by atoms with Gasteiger partial charge in [0.1, 0.15) is 5.69 Å². The molecule has 0 aliphatic heterocycles. The van der Waals surface area contributed by atoms with Crippen molar-refractivity contribution in [1.29, 1.82) is 0 Å². The molecule has 144 valence electrons. The van der Waals surface area contributed by atoms with E-state index in [0.717, 1.165) is 11.4 Å². The van der Waals surface area contributed by atoms with Crippen molar-refractivity contribution in [1.82, 2.24) is 14.9 Å². The van der Waals surface area contributed by atoms with E-state index >= 15 is 0 Å². The van der Waals surface area contributed by atoms with Crippen LogP contribution in [0.5, 0.6) is 0 Å². The monoisotopic (exact) mass is 381 g/mol. The Morgan fingerprint density at radius 2 is 1.89 bits per heavy atom. The molecule has 0 atom stereocenters. The number of benzene rings is 1. The third kappa shape index (κ3) is 2.72. The summed E-state index contributed by atoms with van der Waals surface area (Å²) in [7, 11) is 0. The number of para-hydroxylation sites is 1. The molecular weight excluding hydrogens is 362 g/mol. The first-order valence-corrected chi connectivity index (χ1v) is 8.74. The third-order valence-corrected chi connectivity index (χ3v) is 4.89. The molecule has 1 saturated carbocycles. The predicted molar refractivity (Wildman–Crippen MR) is 99.5 cm³/mol. The molecule has 0 radical (unpaired) electrons. The van der Waals surface area contributed by atoms with Crippen molar-refractivity contribution in [2.45, 2.75) is 32.3 Å². The molecule has 1 aliphatic carbocycles. The number of nitrogens with zero attached hydrogens (tertiary/aromatic N) is 3. The molecule has 1 aliphatic rings. The number of anilines is 1. The Kier molecular flexibility index (Phi) is 3.95. The van der Waals surface area contributed by atoms with Gasteiger partial charge in [-0.1, -0.05) is 23.4 Å². The van der Waals surface area contributed by atoms with E-state index < -0.39 is 17.5 Å². The minimum atomic E-state index is -1.27. The second-order valence-corrected chi connectivity index (χ2v) is 6.81. The summed E-state index contributed by atoms with van der Waals surface area (Å²) < 4.78 is 12.2. The van der Waals surface area contributed by atoms with E-state index in [1.807, 2.05) is 37.3 Å². The van der Waals surface area contributed by atoms with Crippen LogP contribution in [0.25, 0.3) is 16.9 Å². The molecule has 1 aromatic carbocycles. The lowest BCUT2D eigenvalue weighted by Gasteiger charge is -2.12. The second kappa shape index (κ2) is 6.22. The second-order valence-electron chi connectivity index (χ2n) is 6.81. The van der Waals surface area contributed by atoms with Gasteiger partial charge in [0.2, 0.25) is 5.88 Å². The molecule has 2 heterocycles. The Morgan fingerprint density at radius 1 is 1.21 bits per heavy atom. The Hall–Kier alpha value is -3.62. The Bertz CT molecular complexity index is 1080. The number of nitrogen functional groups attached to an aromatic ring is 1. The maximum absolute atomic E-state index is 12.7. The average Bonchev–Trinajstić information content (AvgIpc) is 3.27. The maximum Gasteiger partial charge on any atom is 0.347 e. The number of ether oxygens (including phenoxy) is 1. The number of carbonyl (C=O) groups is 2. The summed E-state index contributed by atoms with van der Waals surface area (Å²) in [6.07, 6.45) is 0.775. The van der Waals surface area contributed by atoms with Gasteiger partial charge >= 0.3 is 5.97 Å². The van der Waals surface area contributed by atoms with Crippen LogP contribution in [0, 0.1) is 13.8 Å². The van der Waals surface area contributed by atoms with Crippen LogP contribution in [-0.4, -0.2) is 32.4 Å². The van der Waals surface area contributed by atoms with Crippen LogP contribution < -0.4 is 11.5 Å². The molecule has 1 amide bonds. The summed E-state index contributed by atoms with van der Waals surface area (Å²) in [5, 5.41) is 8.51. The number of amides is 1. The maximum atomic E-state index is 12.7. The third-order valence-electron chi connectivity index (χ3n) is 4.89. The highest BCUT2D eigenvalue weighted by Crippen LogP contribution is 2.41. The van der Waals surface area contributed by atoms with Crippen molar-refractivity contribution in [2.24, 2.45) is 5.73 Å². The topological polar surface area (TPSA) is 139 Å². The summed E-state index contributed by atoms with van der Waals surface area (Å²) in [6, 6.07) is 9.55. The summed E-state index contributed by atoms with van der Waals surface area (Å²) >= 11 is 0. The number of hydrogen-bond acceptors (Lipinski definition) is 7. The zero-order valence-electron chi connectivity index (χ0n) is 15.4. The highest BCUT2D eigenvalue weighted by molar-refractivity contribution is 6.02. The number of aromatic nitrogens is 3. The van der Waals surface area contributed by atoms with Gasteiger partial charge in [-0.15, -0.1) is 0 Å². The fraction of sp³-hybridized carbons (Fsp3) is 0.263. The van der Waals surface area contributed by atoms with Crippen LogP contribution in [0.15, 0.2) is 34.9 Å². The Balaban J connectivity index is 1.77. The molecule has 4 rings (SSSR count). The van der Waals surface area contributed by atoms with Gasteiger partial charge in [-0.2, -0.15) is 5.10 Å². The van der Waals surface area contributed by atoms with E-state index in [2.05, 4.69) is 10.3 Å². The van der Waals surface area contributed by atoms with E-state index in [9.17, 15) is 9.59 Å². The average molecular weight is 381 g/mol. The van der Waals surface area contributed by atoms with E-state index in [1.165, 1.54) is 0 Å². The molecule has 3 aromatic rings. The Morgan fingerprint density at radius 3 is 2.50 bits per heavy atom. The van der Waals surface area contributed by atoms with Crippen molar-refractivity contribution >= 4 is 17.8 Å². The van der Waals surface area contributed by atoms with Crippen LogP contribution in [0.4, 0.5) is 5.88 Å². The minimum Gasteiger partial charge on any atom is -0.445 e. The lowest BCUT2D eigenvalue weighted by molar-refractivity contribution is -0.128. The molecule has 9 heteroatoms. The SMILES string of the molecule is Cc1nn(-c2ccccc2)c(C)c1-c1noc(N)c1C(=O)OC1(C(N)=O)CC1. The summed E-state index contributed by atoms with van der Waals surface area (Å²) in [5.74, 6) is -1.66. The van der Waals surface area contributed by atoms with Crippen LogP contribution in [0.2, 0.25) is 0 Å². The first-order chi connectivity index (χ1) is 13.3. The minimum absolute atomic E-state index is 0.0358. The molecule has 0 saturated heterocycles.